The number of ether oxygens (including phenoxy) is 1. The summed E-state index contributed by atoms with van der Waals surface area (Å²) in [7, 11) is 0. The zero-order chi connectivity index (χ0) is 27.0. The molecule has 204 valence electrons. The van der Waals surface area contributed by atoms with E-state index < -0.39 is 17.7 Å². The molecule has 2 unspecified atom stereocenters. The van der Waals surface area contributed by atoms with Crippen LogP contribution in [-0.2, 0) is 29.5 Å². The lowest BCUT2D eigenvalue weighted by Gasteiger charge is -2.47. The Labute approximate surface area is 233 Å². The fourth-order valence-electron chi connectivity index (χ4n) is 7.33. The molecule has 3 aliphatic rings. The predicted octanol–water partition coefficient (Wildman–Crippen LogP) is 6.95. The van der Waals surface area contributed by atoms with E-state index in [1.54, 1.807) is 18.3 Å². The molecule has 6 rings (SSSR count). The number of nitrogens with zero attached hydrogens (tertiary/aromatic N) is 1. The minimum Gasteiger partial charge on any atom is -0.490 e. The second kappa shape index (κ2) is 10.5. The van der Waals surface area contributed by atoms with Crippen LogP contribution in [0.15, 0.2) is 60.8 Å². The number of halogens is 2. The van der Waals surface area contributed by atoms with Crippen LogP contribution in [0.2, 0.25) is 5.02 Å². The van der Waals surface area contributed by atoms with E-state index >= 15 is 4.39 Å². The van der Waals surface area contributed by atoms with Gasteiger partial charge in [-0.2, -0.15) is 0 Å². The van der Waals surface area contributed by atoms with E-state index in [9.17, 15) is 9.90 Å². The average Bonchev–Trinajstić information content (AvgIpc) is 3.52. The number of fused-ring (bicyclic) bond motifs is 3. The first-order valence-electron chi connectivity index (χ1n) is 14.0. The molecule has 1 saturated carbocycles. The van der Waals surface area contributed by atoms with Gasteiger partial charge >= 0.3 is 5.97 Å². The summed E-state index contributed by atoms with van der Waals surface area (Å²) in [6.07, 6.45) is 7.07. The summed E-state index contributed by atoms with van der Waals surface area (Å²) < 4.78 is 21.6. The Bertz CT molecular complexity index is 1370. The van der Waals surface area contributed by atoms with Gasteiger partial charge in [0.25, 0.3) is 0 Å². The summed E-state index contributed by atoms with van der Waals surface area (Å²) in [6.45, 7) is 0.0226. The van der Waals surface area contributed by atoms with E-state index in [2.05, 4.69) is 22.4 Å². The van der Waals surface area contributed by atoms with Crippen molar-refractivity contribution < 1.29 is 19.0 Å². The van der Waals surface area contributed by atoms with E-state index in [0.29, 0.717) is 42.8 Å². The number of nitrogens with one attached hydrogen (secondary N) is 1. The number of hydrogen-bond acceptors (Lipinski definition) is 4. The van der Waals surface area contributed by atoms with Crippen molar-refractivity contribution in [3.05, 3.63) is 88.2 Å². The molecule has 1 heterocycles. The van der Waals surface area contributed by atoms with Gasteiger partial charge < -0.3 is 15.2 Å². The third-order valence-corrected chi connectivity index (χ3v) is 9.55. The van der Waals surface area contributed by atoms with Crippen molar-refractivity contribution in [2.75, 3.05) is 11.9 Å². The number of carboxylic acids is 1. The first-order valence-corrected chi connectivity index (χ1v) is 14.4. The van der Waals surface area contributed by atoms with Crippen LogP contribution in [0, 0.1) is 5.92 Å². The highest BCUT2D eigenvalue weighted by Gasteiger charge is 2.54. The number of benzene rings is 2. The Balaban J connectivity index is 1.19. The molecule has 0 radical (unpaired) electrons. The molecule has 2 aromatic carbocycles. The van der Waals surface area contributed by atoms with Gasteiger partial charge in [-0.25, -0.2) is 9.18 Å². The van der Waals surface area contributed by atoms with Gasteiger partial charge in [0.2, 0.25) is 0 Å². The molecule has 0 saturated heterocycles. The molecule has 1 aromatic heterocycles. The number of alkyl halides is 1. The van der Waals surface area contributed by atoms with Crippen LogP contribution in [0.3, 0.4) is 0 Å². The van der Waals surface area contributed by atoms with Crippen molar-refractivity contribution >= 4 is 23.3 Å². The second-order valence-corrected chi connectivity index (χ2v) is 11.9. The van der Waals surface area contributed by atoms with E-state index in [-0.39, 0.29) is 17.9 Å². The molecule has 7 heteroatoms. The van der Waals surface area contributed by atoms with Crippen LogP contribution < -0.4 is 10.1 Å². The van der Waals surface area contributed by atoms with Crippen LogP contribution in [0.5, 0.6) is 5.75 Å². The topological polar surface area (TPSA) is 71.5 Å². The summed E-state index contributed by atoms with van der Waals surface area (Å²) in [5.74, 6) is -0.00278. The number of pyridine rings is 1. The van der Waals surface area contributed by atoms with Gasteiger partial charge in [-0.3, -0.25) is 4.98 Å². The zero-order valence-electron chi connectivity index (χ0n) is 22.0. The molecule has 1 spiro atoms. The summed E-state index contributed by atoms with van der Waals surface area (Å²) in [5, 5.41) is 14.2. The Morgan fingerprint density at radius 2 is 1.95 bits per heavy atom. The van der Waals surface area contributed by atoms with E-state index in [4.69, 9.17) is 16.3 Å². The highest BCUT2D eigenvalue weighted by atomic mass is 35.5. The van der Waals surface area contributed by atoms with Gasteiger partial charge in [-0.15, -0.1) is 0 Å². The summed E-state index contributed by atoms with van der Waals surface area (Å²) >= 11 is 6.17. The van der Waals surface area contributed by atoms with Crippen LogP contribution in [-0.4, -0.2) is 34.4 Å². The van der Waals surface area contributed by atoms with Crippen molar-refractivity contribution in [2.24, 2.45) is 5.92 Å². The van der Waals surface area contributed by atoms with Crippen molar-refractivity contribution in [1.82, 2.24) is 4.98 Å². The maximum atomic E-state index is 15.6. The Morgan fingerprint density at radius 1 is 1.13 bits per heavy atom. The maximum absolute atomic E-state index is 15.6. The van der Waals surface area contributed by atoms with Crippen molar-refractivity contribution in [3.8, 4) is 5.75 Å². The molecule has 0 aliphatic heterocycles. The minimum absolute atomic E-state index is 0.0226. The molecule has 2 N–H and O–H groups in total. The van der Waals surface area contributed by atoms with Crippen molar-refractivity contribution in [2.45, 2.75) is 74.9 Å². The molecule has 2 atom stereocenters. The van der Waals surface area contributed by atoms with Gasteiger partial charge in [-0.05, 0) is 105 Å². The van der Waals surface area contributed by atoms with Crippen LogP contribution >= 0.6 is 11.6 Å². The molecular weight excluding hydrogens is 515 g/mol. The molecule has 1 fully saturated rings. The number of aliphatic carboxylic acids is 1. The highest BCUT2D eigenvalue weighted by Crippen LogP contribution is 2.56. The van der Waals surface area contributed by atoms with Gasteiger partial charge in [-0.1, -0.05) is 41.9 Å². The number of rotatable bonds is 8. The molecule has 0 bridgehead atoms. The smallest absolute Gasteiger partial charge is 0.329 e. The second-order valence-electron chi connectivity index (χ2n) is 11.5. The molecule has 5 nitrogen and oxygen atoms in total. The largest absolute Gasteiger partial charge is 0.490 e. The SMILES string of the molecule is O=C(O)C1(Nc2cccc(Cl)c2)CCC2(CC1)c1ccccc1CC2CC(F)COc1ccnc2c1CCC2. The molecule has 3 aromatic rings. The fourth-order valence-corrected chi connectivity index (χ4v) is 7.52. The first kappa shape index (κ1) is 26.1. The molecular formula is C32H34ClFN2O3. The van der Waals surface area contributed by atoms with Crippen LogP contribution in [0.1, 0.15) is 60.9 Å². The molecule has 39 heavy (non-hydrogen) atoms. The van der Waals surface area contributed by atoms with Crippen LogP contribution in [0.25, 0.3) is 0 Å². The third-order valence-electron chi connectivity index (χ3n) is 9.32. The van der Waals surface area contributed by atoms with Gasteiger partial charge in [0.05, 0.1) is 0 Å². The van der Waals surface area contributed by atoms with Gasteiger partial charge in [0.1, 0.15) is 24.1 Å². The quantitative estimate of drug-likeness (QED) is 0.319. The predicted molar refractivity (Wildman–Crippen MR) is 150 cm³/mol. The Morgan fingerprint density at radius 3 is 2.74 bits per heavy atom. The normalized spacial score (nSPS) is 26.2. The monoisotopic (exact) mass is 548 g/mol. The zero-order valence-corrected chi connectivity index (χ0v) is 22.7. The van der Waals surface area contributed by atoms with Crippen molar-refractivity contribution in [3.63, 3.8) is 0 Å². The van der Waals surface area contributed by atoms with E-state index in [1.807, 2.05) is 30.3 Å². The lowest BCUT2D eigenvalue weighted by atomic mass is 9.60. The van der Waals surface area contributed by atoms with Crippen LogP contribution in [0.4, 0.5) is 10.1 Å². The lowest BCUT2D eigenvalue weighted by molar-refractivity contribution is -0.144. The fraction of sp³-hybridized carbons (Fsp3) is 0.438. The number of carboxylic acid groups (broad SMARTS) is 1. The summed E-state index contributed by atoms with van der Waals surface area (Å²) in [5.41, 5.74) is 4.09. The number of hydrogen-bond donors (Lipinski definition) is 2. The summed E-state index contributed by atoms with van der Waals surface area (Å²) in [6, 6.07) is 17.4. The average molecular weight is 549 g/mol. The first-order chi connectivity index (χ1) is 18.9. The Kier molecular flexibility index (Phi) is 7.00. The third kappa shape index (κ3) is 4.88. The lowest BCUT2D eigenvalue weighted by Crippen LogP contribution is -2.53. The Hall–Kier alpha value is -3.12. The highest BCUT2D eigenvalue weighted by molar-refractivity contribution is 6.30. The minimum atomic E-state index is -1.11. The van der Waals surface area contributed by atoms with Gasteiger partial charge in [0.15, 0.2) is 0 Å². The molecule has 0 amide bonds. The number of aryl methyl sites for hydroxylation is 1. The number of aromatic nitrogens is 1. The summed E-state index contributed by atoms with van der Waals surface area (Å²) in [4.78, 5) is 17.0. The van der Waals surface area contributed by atoms with E-state index in [1.165, 1.54) is 11.1 Å². The van der Waals surface area contributed by atoms with E-state index in [0.717, 1.165) is 42.7 Å². The van der Waals surface area contributed by atoms with Gasteiger partial charge in [0, 0.05) is 28.2 Å². The maximum Gasteiger partial charge on any atom is 0.329 e. The van der Waals surface area contributed by atoms with Crippen molar-refractivity contribution in [1.29, 1.82) is 0 Å². The molecule has 3 aliphatic carbocycles. The number of anilines is 1. The standard InChI is InChI=1S/C32H34ClFN2O3/c33-23-6-3-7-25(19-23)36-32(30(37)38)14-12-31(13-15-32)22(17-21-5-1-2-9-27(21)31)18-24(34)20-39-29-11-16-35-28-10-4-8-26(28)29/h1-3,5-7,9,11,16,19,22,24,36H,4,8,10,12-15,17-18,20H2,(H,37,38). The number of carbonyl (C=O) groups is 1.